The summed E-state index contributed by atoms with van der Waals surface area (Å²) in [6.07, 6.45) is 4.35. The van der Waals surface area contributed by atoms with Crippen LogP contribution in [-0.4, -0.2) is 24.6 Å². The van der Waals surface area contributed by atoms with Crippen LogP contribution in [-0.2, 0) is 26.3 Å². The Hall–Kier alpha value is -1.94. The first kappa shape index (κ1) is 31.5. The molecule has 1 aliphatic rings. The molecule has 0 atom stereocenters. The van der Waals surface area contributed by atoms with Crippen molar-refractivity contribution in [2.75, 3.05) is 0 Å². The number of hydrogen-bond donors (Lipinski definition) is 4. The largest absolute Gasteiger partial charge is 0.399 e. The van der Waals surface area contributed by atoms with E-state index in [9.17, 15) is 27.7 Å². The van der Waals surface area contributed by atoms with Crippen molar-refractivity contribution >= 4 is 59.1 Å². The van der Waals surface area contributed by atoms with Gasteiger partial charge in [0.15, 0.2) is 0 Å². The van der Waals surface area contributed by atoms with Crippen molar-refractivity contribution in [3.63, 3.8) is 0 Å². The number of nitrogens with zero attached hydrogens (tertiary/aromatic N) is 1. The minimum atomic E-state index is -5.66. The first-order valence-corrected chi connectivity index (χ1v) is 18.3. The lowest BCUT2D eigenvalue weighted by molar-refractivity contribution is 0.0557. The van der Waals surface area contributed by atoms with E-state index < -0.39 is 26.4 Å². The molecule has 42 heavy (non-hydrogen) atoms. The van der Waals surface area contributed by atoms with Gasteiger partial charge in [0.1, 0.15) is 0 Å². The van der Waals surface area contributed by atoms with E-state index in [0.29, 0.717) is 39.5 Å². The summed E-state index contributed by atoms with van der Waals surface area (Å²) in [6, 6.07) is 18.7. The van der Waals surface area contributed by atoms with Gasteiger partial charge in [0.25, 0.3) is 0 Å². The number of fused-ring (bicyclic) bond motifs is 1. The number of halogens is 3. The molecule has 1 fully saturated rings. The second-order valence-corrected chi connectivity index (χ2v) is 15.5. The number of hydrogen-bond acceptors (Lipinski definition) is 4. The molecule has 222 valence electrons. The van der Waals surface area contributed by atoms with Crippen LogP contribution in [0.25, 0.3) is 22.0 Å². The van der Waals surface area contributed by atoms with Crippen molar-refractivity contribution in [3.8, 4) is 11.1 Å². The molecule has 0 bridgehead atoms. The van der Waals surface area contributed by atoms with E-state index in [1.54, 1.807) is 0 Å². The maximum atomic E-state index is 14.1. The average molecular weight is 698 g/mol. The van der Waals surface area contributed by atoms with Crippen LogP contribution in [0.4, 0.5) is 8.78 Å². The zero-order chi connectivity index (χ0) is 30.3. The van der Waals surface area contributed by atoms with Crippen LogP contribution in [0.1, 0.15) is 54.0 Å². The van der Waals surface area contributed by atoms with Gasteiger partial charge in [-0.25, -0.2) is 0 Å². The van der Waals surface area contributed by atoms with Gasteiger partial charge in [-0.05, 0) is 59.4 Å². The van der Waals surface area contributed by atoms with Gasteiger partial charge in [0.05, 0.1) is 10.8 Å². The zero-order valence-electron chi connectivity index (χ0n) is 22.2. The summed E-state index contributed by atoms with van der Waals surface area (Å²) in [5, 5.41) is 0.591. The van der Waals surface area contributed by atoms with Gasteiger partial charge in [0, 0.05) is 38.5 Å². The van der Waals surface area contributed by atoms with Crippen LogP contribution in [0.3, 0.4) is 0 Å². The SMILES string of the molecule is O=P(O)(O)c1cc(-c2ccc(CSCc3ccc(C(F)(F)P(=O)(O)O)c(Br)c3)cc2)cc2ccc(C3CCCC3)nc12. The molecule has 7 nitrogen and oxygen atoms in total. The third-order valence-corrected chi connectivity index (χ3v) is 11.1. The second kappa shape index (κ2) is 12.2. The standard InChI is InChI=1S/C29H28BrF2NO6P2S/c30-25-13-19(7-11-24(25)29(31,32)41(37,38)39)17-42-16-18-5-8-20(9-6-18)23-14-22-10-12-26(21-3-1-2-4-21)33-28(22)27(15-23)40(34,35)36/h5-15,21H,1-4,16-17H2,(H2,34,35,36)(H2,37,38,39). The number of benzene rings is 3. The Morgan fingerprint density at radius 1 is 0.857 bits per heavy atom. The van der Waals surface area contributed by atoms with Crippen molar-refractivity contribution < 1.29 is 37.5 Å². The zero-order valence-corrected chi connectivity index (χ0v) is 26.4. The third-order valence-electron chi connectivity index (χ3n) is 7.43. The van der Waals surface area contributed by atoms with Crippen LogP contribution < -0.4 is 5.30 Å². The first-order chi connectivity index (χ1) is 19.7. The predicted octanol–water partition coefficient (Wildman–Crippen LogP) is 7.79. The Labute approximate surface area is 254 Å². The number of aromatic nitrogens is 1. The highest BCUT2D eigenvalue weighted by Crippen LogP contribution is 2.60. The Kier molecular flexibility index (Phi) is 9.16. The van der Waals surface area contributed by atoms with Gasteiger partial charge in [-0.2, -0.15) is 20.5 Å². The molecule has 1 heterocycles. The van der Waals surface area contributed by atoms with Gasteiger partial charge in [-0.1, -0.05) is 71.2 Å². The Morgan fingerprint density at radius 3 is 2.12 bits per heavy atom. The molecule has 13 heteroatoms. The maximum absolute atomic E-state index is 14.1. The van der Waals surface area contributed by atoms with Crippen molar-refractivity contribution in [1.82, 2.24) is 4.98 Å². The molecule has 1 aliphatic carbocycles. The summed E-state index contributed by atoms with van der Waals surface area (Å²) in [7, 11) is -10.3. The summed E-state index contributed by atoms with van der Waals surface area (Å²) >= 11 is 4.54. The van der Waals surface area contributed by atoms with Crippen LogP contribution in [0.5, 0.6) is 0 Å². The van der Waals surface area contributed by atoms with Gasteiger partial charge < -0.3 is 19.6 Å². The topological polar surface area (TPSA) is 128 Å². The molecule has 1 saturated carbocycles. The van der Waals surface area contributed by atoms with Crippen LogP contribution >= 0.6 is 42.9 Å². The molecule has 1 aromatic heterocycles. The minimum Gasteiger partial charge on any atom is -0.321 e. The summed E-state index contributed by atoms with van der Waals surface area (Å²) < 4.78 is 51.7. The fraction of sp³-hybridized carbons (Fsp3) is 0.276. The van der Waals surface area contributed by atoms with Gasteiger partial charge in [-0.3, -0.25) is 14.1 Å². The first-order valence-electron chi connectivity index (χ1n) is 13.1. The molecule has 0 saturated heterocycles. The molecule has 0 radical (unpaired) electrons. The third kappa shape index (κ3) is 6.74. The smallest absolute Gasteiger partial charge is 0.321 e. The highest BCUT2D eigenvalue weighted by Gasteiger charge is 2.51. The molecule has 3 aromatic carbocycles. The summed E-state index contributed by atoms with van der Waals surface area (Å²) in [4.78, 5) is 43.0. The lowest BCUT2D eigenvalue weighted by Gasteiger charge is -2.19. The molecule has 4 N–H and O–H groups in total. The molecule has 5 rings (SSSR count). The van der Waals surface area contributed by atoms with Crippen LogP contribution in [0.2, 0.25) is 0 Å². The summed E-state index contributed by atoms with van der Waals surface area (Å²) in [5.41, 5.74) is -0.656. The Balaban J connectivity index is 1.30. The molecule has 4 aromatic rings. The van der Waals surface area contributed by atoms with E-state index in [4.69, 9.17) is 14.8 Å². The van der Waals surface area contributed by atoms with Gasteiger partial charge >= 0.3 is 20.9 Å². The number of pyridine rings is 1. The highest BCUT2D eigenvalue weighted by molar-refractivity contribution is 9.10. The molecule has 0 spiro atoms. The quantitative estimate of drug-likeness (QED) is 0.131. The fourth-order valence-electron chi connectivity index (χ4n) is 5.20. The predicted molar refractivity (Wildman–Crippen MR) is 165 cm³/mol. The van der Waals surface area contributed by atoms with Crippen molar-refractivity contribution in [2.24, 2.45) is 0 Å². The fourth-order valence-corrected chi connectivity index (χ4v) is 8.24. The van der Waals surface area contributed by atoms with Crippen molar-refractivity contribution in [1.29, 1.82) is 0 Å². The molecule has 0 amide bonds. The number of rotatable bonds is 9. The minimum absolute atomic E-state index is 0.0756. The van der Waals surface area contributed by atoms with E-state index in [1.165, 1.54) is 30.0 Å². The maximum Gasteiger partial charge on any atom is 0.399 e. The monoisotopic (exact) mass is 697 g/mol. The second-order valence-electron chi connectivity index (χ2n) is 10.4. The van der Waals surface area contributed by atoms with Crippen LogP contribution in [0.15, 0.2) is 71.2 Å². The lowest BCUT2D eigenvalue weighted by atomic mass is 9.99. The Morgan fingerprint density at radius 2 is 1.50 bits per heavy atom. The van der Waals surface area contributed by atoms with Gasteiger partial charge in [-0.15, -0.1) is 0 Å². The molecular formula is C29H28BrF2NO6P2S. The molecule has 0 aliphatic heterocycles. The number of thioether (sulfide) groups is 1. The van der Waals surface area contributed by atoms with E-state index in [1.807, 2.05) is 42.5 Å². The summed E-state index contributed by atoms with van der Waals surface area (Å²) in [6.45, 7) is 0. The normalized spacial score (nSPS) is 15.0. The average Bonchev–Trinajstić information content (AvgIpc) is 3.46. The van der Waals surface area contributed by atoms with Crippen molar-refractivity contribution in [2.45, 2.75) is 48.8 Å². The molecular weight excluding hydrogens is 670 g/mol. The van der Waals surface area contributed by atoms with E-state index in [0.717, 1.165) is 48.6 Å². The van der Waals surface area contributed by atoms with E-state index in [2.05, 4.69) is 15.9 Å². The van der Waals surface area contributed by atoms with Crippen molar-refractivity contribution in [3.05, 3.63) is 93.6 Å². The molecule has 0 unspecified atom stereocenters. The summed E-state index contributed by atoms with van der Waals surface area (Å²) in [5.74, 6) is 1.41. The van der Waals surface area contributed by atoms with E-state index >= 15 is 0 Å². The van der Waals surface area contributed by atoms with E-state index in [-0.39, 0.29) is 9.78 Å². The number of alkyl halides is 2. The van der Waals surface area contributed by atoms with Crippen LogP contribution in [0, 0.1) is 0 Å². The Bertz CT molecular complexity index is 1720. The highest BCUT2D eigenvalue weighted by atomic mass is 79.9. The van der Waals surface area contributed by atoms with Gasteiger partial charge in [0.2, 0.25) is 0 Å². The lowest BCUT2D eigenvalue weighted by Crippen LogP contribution is -2.14.